The van der Waals surface area contributed by atoms with Gasteiger partial charge in [-0.25, -0.2) is 0 Å². The summed E-state index contributed by atoms with van der Waals surface area (Å²) in [5.74, 6) is 0.275. The maximum Gasteiger partial charge on any atom is 0.233 e. The molecule has 2 rings (SSSR count). The maximum atomic E-state index is 12.3. The summed E-state index contributed by atoms with van der Waals surface area (Å²) in [5.41, 5.74) is -0.0392. The van der Waals surface area contributed by atoms with E-state index < -0.39 is 0 Å². The average Bonchev–Trinajstić information content (AvgIpc) is 2.24. The second-order valence-electron chi connectivity index (χ2n) is 6.50. The van der Waals surface area contributed by atoms with E-state index in [0.717, 1.165) is 26.2 Å². The Morgan fingerprint density at radius 2 is 1.65 bits per heavy atom. The first-order valence-electron chi connectivity index (χ1n) is 6.45. The van der Waals surface area contributed by atoms with Crippen LogP contribution in [0.5, 0.6) is 0 Å². The van der Waals surface area contributed by atoms with Crippen LogP contribution in [0.2, 0.25) is 0 Å². The third-order valence-corrected chi connectivity index (χ3v) is 3.87. The number of piperazine rings is 1. The van der Waals surface area contributed by atoms with Gasteiger partial charge in [-0.2, -0.15) is 0 Å². The zero-order valence-electron chi connectivity index (χ0n) is 11.5. The Kier molecular flexibility index (Phi) is 3.21. The Bertz CT molecular complexity index is 297. The van der Waals surface area contributed by atoms with Gasteiger partial charge in [0.25, 0.3) is 0 Å². The number of carbonyl (C=O) groups excluding carboxylic acids is 1. The minimum Gasteiger partial charge on any atom is -0.379 e. The van der Waals surface area contributed by atoms with Gasteiger partial charge < -0.3 is 9.64 Å². The predicted octanol–water partition coefficient (Wildman–Crippen LogP) is 0.966. The summed E-state index contributed by atoms with van der Waals surface area (Å²) in [6.45, 7) is 13.5. The molecule has 0 atom stereocenters. The molecule has 0 aliphatic carbocycles. The number of rotatable bonds is 1. The zero-order chi connectivity index (χ0) is 12.7. The molecule has 0 bridgehead atoms. The molecule has 2 saturated heterocycles. The molecule has 1 amide bonds. The molecule has 0 saturated carbocycles. The molecule has 98 valence electrons. The summed E-state index contributed by atoms with van der Waals surface area (Å²) in [5, 5.41) is 0. The molecule has 2 aliphatic heterocycles. The Balaban J connectivity index is 1.89. The molecule has 2 heterocycles. The molecular weight excluding hydrogens is 216 g/mol. The first kappa shape index (κ1) is 12.8. The van der Waals surface area contributed by atoms with Gasteiger partial charge in [0, 0.05) is 31.7 Å². The molecule has 4 heteroatoms. The monoisotopic (exact) mass is 240 g/mol. The zero-order valence-corrected chi connectivity index (χ0v) is 11.5. The van der Waals surface area contributed by atoms with Crippen molar-refractivity contribution in [2.75, 3.05) is 39.4 Å². The van der Waals surface area contributed by atoms with Gasteiger partial charge in [0.05, 0.1) is 18.6 Å². The molecule has 4 nitrogen and oxygen atoms in total. The highest BCUT2D eigenvalue weighted by molar-refractivity contribution is 5.83. The number of amides is 1. The third kappa shape index (κ3) is 2.47. The molecule has 0 aromatic rings. The van der Waals surface area contributed by atoms with Crippen molar-refractivity contribution in [2.45, 2.75) is 33.2 Å². The normalized spacial score (nSPS) is 25.5. The topological polar surface area (TPSA) is 32.8 Å². The van der Waals surface area contributed by atoms with Crippen LogP contribution in [0.3, 0.4) is 0 Å². The van der Waals surface area contributed by atoms with Crippen LogP contribution >= 0.6 is 0 Å². The van der Waals surface area contributed by atoms with Gasteiger partial charge in [-0.1, -0.05) is 0 Å². The van der Waals surface area contributed by atoms with Gasteiger partial charge in [-0.15, -0.1) is 0 Å². The van der Waals surface area contributed by atoms with E-state index in [1.807, 2.05) is 11.8 Å². The molecule has 0 N–H and O–H groups in total. The molecule has 2 fully saturated rings. The van der Waals surface area contributed by atoms with Gasteiger partial charge in [-0.05, 0) is 27.7 Å². The molecular formula is C13H24N2O2. The number of ether oxygens (including phenoxy) is 1. The van der Waals surface area contributed by atoms with E-state index in [2.05, 4.69) is 25.7 Å². The van der Waals surface area contributed by atoms with Crippen molar-refractivity contribution < 1.29 is 9.53 Å². The van der Waals surface area contributed by atoms with Gasteiger partial charge in [-0.3, -0.25) is 9.69 Å². The number of nitrogens with zero attached hydrogens (tertiary/aromatic N) is 2. The lowest BCUT2D eigenvalue weighted by atomic mass is 9.86. The van der Waals surface area contributed by atoms with Crippen molar-refractivity contribution in [3.05, 3.63) is 0 Å². The molecule has 0 spiro atoms. The predicted molar refractivity (Wildman–Crippen MR) is 66.8 cm³/mol. The van der Waals surface area contributed by atoms with E-state index in [4.69, 9.17) is 4.74 Å². The van der Waals surface area contributed by atoms with E-state index in [-0.39, 0.29) is 16.9 Å². The Labute approximate surface area is 104 Å². The Hall–Kier alpha value is -0.610. The van der Waals surface area contributed by atoms with Gasteiger partial charge >= 0.3 is 0 Å². The summed E-state index contributed by atoms with van der Waals surface area (Å²) >= 11 is 0. The first-order valence-corrected chi connectivity index (χ1v) is 6.45. The van der Waals surface area contributed by atoms with Crippen LogP contribution in [-0.2, 0) is 9.53 Å². The van der Waals surface area contributed by atoms with E-state index >= 15 is 0 Å². The largest absolute Gasteiger partial charge is 0.379 e. The second kappa shape index (κ2) is 4.25. The van der Waals surface area contributed by atoms with Crippen LogP contribution in [0, 0.1) is 5.41 Å². The summed E-state index contributed by atoms with van der Waals surface area (Å²) < 4.78 is 5.17. The second-order valence-corrected chi connectivity index (χ2v) is 6.50. The minimum atomic E-state index is -0.246. The van der Waals surface area contributed by atoms with E-state index in [9.17, 15) is 4.79 Å². The van der Waals surface area contributed by atoms with Crippen LogP contribution in [0.4, 0.5) is 0 Å². The molecule has 2 aliphatic rings. The fourth-order valence-electron chi connectivity index (χ4n) is 2.49. The Morgan fingerprint density at radius 1 is 1.12 bits per heavy atom. The maximum absolute atomic E-state index is 12.3. The van der Waals surface area contributed by atoms with Crippen molar-refractivity contribution in [2.24, 2.45) is 5.41 Å². The SMILES string of the molecule is CC1(C(=O)N2CCN(C(C)(C)C)CC2)COC1. The highest BCUT2D eigenvalue weighted by atomic mass is 16.5. The summed E-state index contributed by atoms with van der Waals surface area (Å²) in [4.78, 5) is 16.7. The standard InChI is InChI=1S/C13H24N2O2/c1-12(2,3)15-7-5-14(6-8-15)11(16)13(4)9-17-10-13/h5-10H2,1-4H3. The van der Waals surface area contributed by atoms with Crippen molar-refractivity contribution in [3.63, 3.8) is 0 Å². The Morgan fingerprint density at radius 3 is 2.00 bits per heavy atom. The number of hydrogen-bond donors (Lipinski definition) is 0. The highest BCUT2D eigenvalue weighted by Crippen LogP contribution is 2.29. The van der Waals surface area contributed by atoms with Crippen LogP contribution in [0.1, 0.15) is 27.7 Å². The minimum absolute atomic E-state index is 0.207. The molecule has 0 unspecified atom stereocenters. The van der Waals surface area contributed by atoms with E-state index in [1.165, 1.54) is 0 Å². The number of hydrogen-bond acceptors (Lipinski definition) is 3. The fraction of sp³-hybridized carbons (Fsp3) is 0.923. The molecule has 0 aromatic carbocycles. The van der Waals surface area contributed by atoms with Crippen LogP contribution in [0.15, 0.2) is 0 Å². The van der Waals surface area contributed by atoms with Crippen LogP contribution in [-0.4, -0.2) is 60.6 Å². The quantitative estimate of drug-likeness (QED) is 0.684. The lowest BCUT2D eigenvalue weighted by Gasteiger charge is -2.46. The van der Waals surface area contributed by atoms with E-state index in [1.54, 1.807) is 0 Å². The smallest absolute Gasteiger partial charge is 0.233 e. The summed E-state index contributed by atoms with van der Waals surface area (Å²) in [7, 11) is 0. The van der Waals surface area contributed by atoms with Gasteiger partial charge in [0.1, 0.15) is 0 Å². The van der Waals surface area contributed by atoms with Crippen LogP contribution in [0.25, 0.3) is 0 Å². The van der Waals surface area contributed by atoms with Crippen molar-refractivity contribution in [1.82, 2.24) is 9.80 Å². The first-order chi connectivity index (χ1) is 7.83. The number of carbonyl (C=O) groups is 1. The lowest BCUT2D eigenvalue weighted by Crippen LogP contribution is -2.60. The summed E-state index contributed by atoms with van der Waals surface area (Å²) in [6, 6.07) is 0. The van der Waals surface area contributed by atoms with Crippen molar-refractivity contribution in [3.8, 4) is 0 Å². The summed E-state index contributed by atoms with van der Waals surface area (Å²) in [6.07, 6.45) is 0. The third-order valence-electron chi connectivity index (χ3n) is 3.87. The molecule has 0 aromatic heterocycles. The molecule has 17 heavy (non-hydrogen) atoms. The van der Waals surface area contributed by atoms with E-state index in [0.29, 0.717) is 13.2 Å². The highest BCUT2D eigenvalue weighted by Gasteiger charge is 2.44. The lowest BCUT2D eigenvalue weighted by molar-refractivity contribution is -0.170. The molecule has 0 radical (unpaired) electrons. The van der Waals surface area contributed by atoms with Crippen molar-refractivity contribution >= 4 is 5.91 Å². The average molecular weight is 240 g/mol. The fourth-order valence-corrected chi connectivity index (χ4v) is 2.49. The van der Waals surface area contributed by atoms with Crippen molar-refractivity contribution in [1.29, 1.82) is 0 Å². The van der Waals surface area contributed by atoms with Gasteiger partial charge in [0.2, 0.25) is 5.91 Å². The van der Waals surface area contributed by atoms with Crippen LogP contribution < -0.4 is 0 Å². The van der Waals surface area contributed by atoms with Gasteiger partial charge in [0.15, 0.2) is 0 Å².